The lowest BCUT2D eigenvalue weighted by Gasteiger charge is -2.21. The van der Waals surface area contributed by atoms with Gasteiger partial charge in [0.1, 0.15) is 11.8 Å². The first-order valence-corrected chi connectivity index (χ1v) is 6.82. The molecule has 5 heteroatoms. The average Bonchev–Trinajstić information content (AvgIpc) is 2.62. The standard InChI is InChI=1S/C15H20N2O3/c1-17-10-6-5-8-12(15(17)19)16-14(18)11-7-3-4-9-13(11)20-2/h3-4,7,9,12H,5-6,8,10H2,1-2H3,(H,16,18). The molecule has 1 saturated heterocycles. The van der Waals surface area contributed by atoms with Crippen LogP contribution < -0.4 is 10.1 Å². The third kappa shape index (κ3) is 3.10. The van der Waals surface area contributed by atoms with Crippen LogP contribution in [0.3, 0.4) is 0 Å². The van der Waals surface area contributed by atoms with Gasteiger partial charge in [0.2, 0.25) is 5.91 Å². The van der Waals surface area contributed by atoms with Gasteiger partial charge in [0.25, 0.3) is 5.91 Å². The Balaban J connectivity index is 2.12. The molecule has 5 nitrogen and oxygen atoms in total. The number of hydrogen-bond acceptors (Lipinski definition) is 3. The quantitative estimate of drug-likeness (QED) is 0.908. The fourth-order valence-corrected chi connectivity index (χ4v) is 2.40. The molecule has 1 aliphatic heterocycles. The second kappa shape index (κ2) is 6.41. The maximum Gasteiger partial charge on any atom is 0.255 e. The molecule has 2 rings (SSSR count). The van der Waals surface area contributed by atoms with E-state index < -0.39 is 6.04 Å². The second-order valence-electron chi connectivity index (χ2n) is 4.98. The highest BCUT2D eigenvalue weighted by atomic mass is 16.5. The van der Waals surface area contributed by atoms with E-state index in [4.69, 9.17) is 4.74 Å². The van der Waals surface area contributed by atoms with E-state index in [-0.39, 0.29) is 11.8 Å². The summed E-state index contributed by atoms with van der Waals surface area (Å²) in [5.41, 5.74) is 0.453. The molecule has 1 aliphatic rings. The zero-order chi connectivity index (χ0) is 14.5. The SMILES string of the molecule is COc1ccccc1C(=O)NC1CCCCN(C)C1=O. The Kier molecular flexibility index (Phi) is 4.61. The summed E-state index contributed by atoms with van der Waals surface area (Å²) in [6.45, 7) is 0.750. The van der Waals surface area contributed by atoms with Gasteiger partial charge in [-0.25, -0.2) is 0 Å². The topological polar surface area (TPSA) is 58.6 Å². The van der Waals surface area contributed by atoms with Gasteiger partial charge in [-0.3, -0.25) is 9.59 Å². The summed E-state index contributed by atoms with van der Waals surface area (Å²) in [5.74, 6) is 0.223. The van der Waals surface area contributed by atoms with Crippen LogP contribution in [-0.2, 0) is 4.79 Å². The summed E-state index contributed by atoms with van der Waals surface area (Å²) in [6.07, 6.45) is 2.60. The smallest absolute Gasteiger partial charge is 0.255 e. The van der Waals surface area contributed by atoms with E-state index in [1.54, 1.807) is 36.2 Å². The van der Waals surface area contributed by atoms with E-state index in [1.807, 2.05) is 0 Å². The molecule has 108 valence electrons. The molecule has 1 N–H and O–H groups in total. The maximum absolute atomic E-state index is 12.3. The Bertz CT molecular complexity index is 502. The highest BCUT2D eigenvalue weighted by Gasteiger charge is 2.27. The lowest BCUT2D eigenvalue weighted by Crippen LogP contribution is -2.46. The van der Waals surface area contributed by atoms with E-state index >= 15 is 0 Å². The number of carbonyl (C=O) groups is 2. The third-order valence-corrected chi connectivity index (χ3v) is 3.57. The lowest BCUT2D eigenvalue weighted by atomic mass is 10.1. The van der Waals surface area contributed by atoms with Gasteiger partial charge in [-0.05, 0) is 31.4 Å². The van der Waals surface area contributed by atoms with Gasteiger partial charge in [0.15, 0.2) is 0 Å². The molecule has 0 saturated carbocycles. The number of likely N-dealkylation sites (tertiary alicyclic amines) is 1. The minimum Gasteiger partial charge on any atom is -0.496 e. The van der Waals surface area contributed by atoms with Crippen molar-refractivity contribution in [2.45, 2.75) is 25.3 Å². The highest BCUT2D eigenvalue weighted by molar-refractivity contribution is 5.99. The predicted molar refractivity (Wildman–Crippen MR) is 75.7 cm³/mol. The van der Waals surface area contributed by atoms with Gasteiger partial charge in [0, 0.05) is 13.6 Å². The molecule has 2 amide bonds. The lowest BCUT2D eigenvalue weighted by molar-refractivity contribution is -0.131. The molecule has 0 spiro atoms. The van der Waals surface area contributed by atoms with Crippen molar-refractivity contribution in [1.29, 1.82) is 0 Å². The number of para-hydroxylation sites is 1. The molecule has 1 aromatic rings. The van der Waals surface area contributed by atoms with Crippen molar-refractivity contribution >= 4 is 11.8 Å². The summed E-state index contributed by atoms with van der Waals surface area (Å²) < 4.78 is 5.17. The number of carbonyl (C=O) groups excluding carboxylic acids is 2. The number of nitrogens with zero attached hydrogens (tertiary/aromatic N) is 1. The van der Waals surface area contributed by atoms with Crippen LogP contribution in [0, 0.1) is 0 Å². The van der Waals surface area contributed by atoms with Crippen molar-refractivity contribution in [2.75, 3.05) is 20.7 Å². The summed E-state index contributed by atoms with van der Waals surface area (Å²) in [7, 11) is 3.30. The van der Waals surface area contributed by atoms with Crippen LogP contribution >= 0.6 is 0 Å². The van der Waals surface area contributed by atoms with Crippen LogP contribution in [0.5, 0.6) is 5.75 Å². The van der Waals surface area contributed by atoms with Crippen molar-refractivity contribution < 1.29 is 14.3 Å². The second-order valence-corrected chi connectivity index (χ2v) is 4.98. The highest BCUT2D eigenvalue weighted by Crippen LogP contribution is 2.18. The van der Waals surface area contributed by atoms with Gasteiger partial charge in [-0.15, -0.1) is 0 Å². The van der Waals surface area contributed by atoms with Gasteiger partial charge in [0.05, 0.1) is 12.7 Å². The summed E-state index contributed by atoms with van der Waals surface area (Å²) in [5, 5.41) is 2.82. The maximum atomic E-state index is 12.3. The number of hydrogen-bond donors (Lipinski definition) is 1. The summed E-state index contributed by atoms with van der Waals surface area (Å²) >= 11 is 0. The molecule has 1 unspecified atom stereocenters. The molecule has 0 aromatic heterocycles. The van der Waals surface area contributed by atoms with Gasteiger partial charge in [-0.1, -0.05) is 12.1 Å². The van der Waals surface area contributed by atoms with Gasteiger partial charge >= 0.3 is 0 Å². The van der Waals surface area contributed by atoms with Crippen molar-refractivity contribution in [3.05, 3.63) is 29.8 Å². The zero-order valence-corrected chi connectivity index (χ0v) is 11.9. The number of amides is 2. The van der Waals surface area contributed by atoms with Gasteiger partial charge < -0.3 is 15.0 Å². The van der Waals surface area contributed by atoms with Crippen LogP contribution in [0.1, 0.15) is 29.6 Å². The first-order chi connectivity index (χ1) is 9.63. The fourth-order valence-electron chi connectivity index (χ4n) is 2.40. The van der Waals surface area contributed by atoms with Crippen LogP contribution in [0.2, 0.25) is 0 Å². The minimum absolute atomic E-state index is 0.0225. The number of benzene rings is 1. The number of nitrogens with one attached hydrogen (secondary N) is 1. The fraction of sp³-hybridized carbons (Fsp3) is 0.467. The summed E-state index contributed by atoms with van der Waals surface area (Å²) in [4.78, 5) is 26.1. The largest absolute Gasteiger partial charge is 0.496 e. The number of rotatable bonds is 3. The van der Waals surface area contributed by atoms with Crippen LogP contribution in [0.25, 0.3) is 0 Å². The molecule has 1 aromatic carbocycles. The normalized spacial score (nSPS) is 19.4. The molecule has 0 bridgehead atoms. The van der Waals surface area contributed by atoms with Crippen molar-refractivity contribution in [3.63, 3.8) is 0 Å². The van der Waals surface area contributed by atoms with E-state index in [2.05, 4.69) is 5.32 Å². The molecule has 1 atom stereocenters. The molecule has 20 heavy (non-hydrogen) atoms. The first-order valence-electron chi connectivity index (χ1n) is 6.82. The van der Waals surface area contributed by atoms with E-state index in [0.29, 0.717) is 17.7 Å². The minimum atomic E-state index is -0.445. The Hall–Kier alpha value is -2.04. The number of ether oxygens (including phenoxy) is 1. The Labute approximate surface area is 118 Å². The summed E-state index contributed by atoms with van der Waals surface area (Å²) in [6, 6.07) is 6.56. The molecular formula is C15H20N2O3. The Morgan fingerprint density at radius 3 is 2.85 bits per heavy atom. The molecule has 0 aliphatic carbocycles. The molecular weight excluding hydrogens is 256 g/mol. The van der Waals surface area contributed by atoms with E-state index in [0.717, 1.165) is 19.4 Å². The number of likely N-dealkylation sites (N-methyl/N-ethyl adjacent to an activating group) is 1. The monoisotopic (exact) mass is 276 g/mol. The van der Waals surface area contributed by atoms with Crippen molar-refractivity contribution in [1.82, 2.24) is 10.2 Å². The molecule has 0 radical (unpaired) electrons. The zero-order valence-electron chi connectivity index (χ0n) is 11.9. The van der Waals surface area contributed by atoms with Crippen molar-refractivity contribution in [2.24, 2.45) is 0 Å². The van der Waals surface area contributed by atoms with Crippen LogP contribution in [0.4, 0.5) is 0 Å². The van der Waals surface area contributed by atoms with Crippen LogP contribution in [0.15, 0.2) is 24.3 Å². The van der Waals surface area contributed by atoms with E-state index in [1.165, 1.54) is 7.11 Å². The first kappa shape index (κ1) is 14.4. The average molecular weight is 276 g/mol. The molecule has 1 heterocycles. The predicted octanol–water partition coefficient (Wildman–Crippen LogP) is 1.44. The van der Waals surface area contributed by atoms with Crippen LogP contribution in [-0.4, -0.2) is 43.5 Å². The van der Waals surface area contributed by atoms with E-state index in [9.17, 15) is 9.59 Å². The third-order valence-electron chi connectivity index (χ3n) is 3.57. The Morgan fingerprint density at radius 2 is 2.10 bits per heavy atom. The Morgan fingerprint density at radius 1 is 1.35 bits per heavy atom. The number of methoxy groups -OCH3 is 1. The van der Waals surface area contributed by atoms with Gasteiger partial charge in [-0.2, -0.15) is 0 Å². The molecule has 1 fully saturated rings. The van der Waals surface area contributed by atoms with Crippen molar-refractivity contribution in [3.8, 4) is 5.75 Å².